The number of rotatable bonds is 7. The Morgan fingerprint density at radius 2 is 1.90 bits per heavy atom. The van der Waals surface area contributed by atoms with Gasteiger partial charge in [0.1, 0.15) is 5.82 Å². The summed E-state index contributed by atoms with van der Waals surface area (Å²) in [7, 11) is 0. The predicted octanol–water partition coefficient (Wildman–Crippen LogP) is 5.85. The summed E-state index contributed by atoms with van der Waals surface area (Å²) >= 11 is 4.25. The zero-order valence-corrected chi connectivity index (χ0v) is 18.2. The Hall–Kier alpha value is -2.82. The Morgan fingerprint density at radius 1 is 1.13 bits per heavy atom. The maximum atomic E-state index is 13.8. The number of hydrogen-bond donors (Lipinski definition) is 1. The maximum absolute atomic E-state index is 13.8. The second kappa shape index (κ2) is 9.33. The smallest absolute Gasteiger partial charge is 0.230 e. The molecule has 0 unspecified atom stereocenters. The van der Waals surface area contributed by atoms with Crippen molar-refractivity contribution >= 4 is 62.0 Å². The number of thioether (sulfide) groups is 1. The molecular weight excluding hydrogens is 441 g/mol. The number of nitrogens with one attached hydrogen (secondary N) is 1. The Balaban J connectivity index is 1.41. The van der Waals surface area contributed by atoms with E-state index < -0.39 is 0 Å². The average molecular weight is 458 g/mol. The Kier molecular flexibility index (Phi) is 6.36. The highest BCUT2D eigenvalue weighted by atomic mass is 32.2. The lowest BCUT2D eigenvalue weighted by molar-refractivity contribution is -0.115. The van der Waals surface area contributed by atoms with E-state index in [0.717, 1.165) is 15.7 Å². The lowest BCUT2D eigenvalue weighted by Crippen LogP contribution is -2.22. The number of amides is 1. The number of thiazole rings is 1. The molecule has 0 radical (unpaired) electrons. The summed E-state index contributed by atoms with van der Waals surface area (Å²) in [4.78, 5) is 18.3. The van der Waals surface area contributed by atoms with E-state index in [1.165, 1.54) is 47.4 Å². The number of carbonyl (C=O) groups excluding carboxylic acids is 1. The molecular formula is C20H16FN5OS3. The van der Waals surface area contributed by atoms with E-state index in [0.29, 0.717) is 21.7 Å². The molecule has 152 valence electrons. The Labute approximate surface area is 184 Å². The minimum absolute atomic E-state index is 0.0947. The number of halogens is 1. The van der Waals surface area contributed by atoms with Crippen molar-refractivity contribution in [3.63, 3.8) is 0 Å². The molecule has 2 aromatic heterocycles. The molecule has 0 saturated heterocycles. The fraction of sp³-hybridized carbons (Fsp3) is 0.100. The standard InChI is InChI=1S/C20H16FN5OS3/c1-13(27)26(15-7-3-2-4-8-15)19-22-14(11-28-19)12-29-20-25-24-18(30-20)23-17-10-6-5-9-16(17)21/h2-11H,12H2,1H3,(H,23,24). The number of nitrogens with zero attached hydrogens (tertiary/aromatic N) is 4. The summed E-state index contributed by atoms with van der Waals surface area (Å²) < 4.78 is 14.5. The predicted molar refractivity (Wildman–Crippen MR) is 121 cm³/mol. The van der Waals surface area contributed by atoms with Gasteiger partial charge in [-0.05, 0) is 24.3 Å². The maximum Gasteiger partial charge on any atom is 0.230 e. The Morgan fingerprint density at radius 3 is 2.67 bits per heavy atom. The topological polar surface area (TPSA) is 71.0 Å². The van der Waals surface area contributed by atoms with Crippen molar-refractivity contribution in [2.75, 3.05) is 10.2 Å². The fourth-order valence-corrected chi connectivity index (χ4v) is 5.25. The molecule has 0 spiro atoms. The van der Waals surface area contributed by atoms with Crippen LogP contribution in [0.3, 0.4) is 0 Å². The molecule has 10 heteroatoms. The first kappa shape index (κ1) is 20.5. The quantitative estimate of drug-likeness (QED) is 0.351. The monoisotopic (exact) mass is 457 g/mol. The third kappa shape index (κ3) is 4.84. The van der Waals surface area contributed by atoms with E-state index in [1.54, 1.807) is 23.1 Å². The SMILES string of the molecule is CC(=O)N(c1ccccc1)c1nc(CSc2nnc(Nc3ccccc3F)s2)cs1. The molecule has 1 N–H and O–H groups in total. The van der Waals surface area contributed by atoms with Gasteiger partial charge in [0.2, 0.25) is 11.0 Å². The molecule has 2 heterocycles. The van der Waals surface area contributed by atoms with Crippen molar-refractivity contribution in [2.45, 2.75) is 17.0 Å². The number of para-hydroxylation sites is 2. The number of aromatic nitrogens is 3. The molecule has 6 nitrogen and oxygen atoms in total. The first-order valence-corrected chi connectivity index (χ1v) is 11.6. The van der Waals surface area contributed by atoms with Gasteiger partial charge in [0.25, 0.3) is 0 Å². The molecule has 30 heavy (non-hydrogen) atoms. The van der Waals surface area contributed by atoms with Crippen molar-refractivity contribution in [3.05, 3.63) is 71.5 Å². The van der Waals surface area contributed by atoms with Gasteiger partial charge in [0.15, 0.2) is 9.47 Å². The fourth-order valence-electron chi connectivity index (χ4n) is 2.60. The molecule has 0 aliphatic rings. The zero-order valence-electron chi connectivity index (χ0n) is 15.8. The molecule has 4 rings (SSSR count). The van der Waals surface area contributed by atoms with Gasteiger partial charge in [0, 0.05) is 18.1 Å². The summed E-state index contributed by atoms with van der Waals surface area (Å²) in [5.41, 5.74) is 1.99. The van der Waals surface area contributed by atoms with Crippen LogP contribution in [0, 0.1) is 5.82 Å². The first-order chi connectivity index (χ1) is 14.6. The van der Waals surface area contributed by atoms with Gasteiger partial charge >= 0.3 is 0 Å². The van der Waals surface area contributed by atoms with E-state index in [2.05, 4.69) is 20.5 Å². The van der Waals surface area contributed by atoms with Crippen LogP contribution in [0.5, 0.6) is 0 Å². The van der Waals surface area contributed by atoms with E-state index in [9.17, 15) is 9.18 Å². The van der Waals surface area contributed by atoms with Gasteiger partial charge < -0.3 is 5.32 Å². The van der Waals surface area contributed by atoms with E-state index in [4.69, 9.17) is 0 Å². The van der Waals surface area contributed by atoms with Crippen LogP contribution >= 0.6 is 34.4 Å². The third-order valence-corrected chi connectivity index (χ3v) is 6.81. The summed E-state index contributed by atoms with van der Waals surface area (Å²) in [6.07, 6.45) is 0. The minimum atomic E-state index is -0.342. The first-order valence-electron chi connectivity index (χ1n) is 8.88. The van der Waals surface area contributed by atoms with Gasteiger partial charge in [-0.15, -0.1) is 21.5 Å². The number of benzene rings is 2. The molecule has 0 aliphatic carbocycles. The van der Waals surface area contributed by atoms with Crippen LogP contribution < -0.4 is 10.2 Å². The highest BCUT2D eigenvalue weighted by molar-refractivity contribution is 8.00. The molecule has 0 atom stereocenters. The van der Waals surface area contributed by atoms with Gasteiger partial charge in [0.05, 0.1) is 17.1 Å². The number of anilines is 4. The van der Waals surface area contributed by atoms with Crippen molar-refractivity contribution in [2.24, 2.45) is 0 Å². The average Bonchev–Trinajstić information content (AvgIpc) is 3.38. The van der Waals surface area contributed by atoms with Gasteiger partial charge in [-0.1, -0.05) is 53.4 Å². The second-order valence-electron chi connectivity index (χ2n) is 6.08. The highest BCUT2D eigenvalue weighted by Crippen LogP contribution is 2.33. The van der Waals surface area contributed by atoms with Crippen LogP contribution in [0.2, 0.25) is 0 Å². The van der Waals surface area contributed by atoms with Crippen molar-refractivity contribution in [1.82, 2.24) is 15.2 Å². The van der Waals surface area contributed by atoms with Gasteiger partial charge in [-0.3, -0.25) is 9.69 Å². The van der Waals surface area contributed by atoms with Crippen LogP contribution in [0.1, 0.15) is 12.6 Å². The van der Waals surface area contributed by atoms with Crippen molar-refractivity contribution in [3.8, 4) is 0 Å². The third-order valence-electron chi connectivity index (χ3n) is 3.93. The van der Waals surface area contributed by atoms with Crippen LogP contribution in [-0.2, 0) is 10.5 Å². The summed E-state index contributed by atoms with van der Waals surface area (Å²) in [5, 5.41) is 14.2. The van der Waals surface area contributed by atoms with E-state index in [-0.39, 0.29) is 11.7 Å². The van der Waals surface area contributed by atoms with Gasteiger partial charge in [-0.25, -0.2) is 9.37 Å². The Bertz CT molecular complexity index is 1150. The van der Waals surface area contributed by atoms with Crippen LogP contribution in [-0.4, -0.2) is 21.1 Å². The minimum Gasteiger partial charge on any atom is -0.328 e. The largest absolute Gasteiger partial charge is 0.328 e. The summed E-state index contributed by atoms with van der Waals surface area (Å²) in [6, 6.07) is 15.9. The molecule has 1 amide bonds. The van der Waals surface area contributed by atoms with E-state index in [1.807, 2.05) is 35.7 Å². The molecule has 0 fully saturated rings. The molecule has 0 aliphatic heterocycles. The lowest BCUT2D eigenvalue weighted by Gasteiger charge is -2.17. The van der Waals surface area contributed by atoms with Crippen LogP contribution in [0.4, 0.5) is 26.0 Å². The molecule has 4 aromatic rings. The number of hydrogen-bond acceptors (Lipinski definition) is 8. The molecule has 0 saturated carbocycles. The van der Waals surface area contributed by atoms with Crippen molar-refractivity contribution < 1.29 is 9.18 Å². The molecule has 0 bridgehead atoms. The van der Waals surface area contributed by atoms with E-state index >= 15 is 0 Å². The van der Waals surface area contributed by atoms with Crippen LogP contribution in [0.25, 0.3) is 0 Å². The highest BCUT2D eigenvalue weighted by Gasteiger charge is 2.18. The number of carbonyl (C=O) groups is 1. The normalized spacial score (nSPS) is 10.7. The second-order valence-corrected chi connectivity index (χ2v) is 9.11. The summed E-state index contributed by atoms with van der Waals surface area (Å²) in [5.74, 6) is 0.152. The zero-order chi connectivity index (χ0) is 20.9. The van der Waals surface area contributed by atoms with Crippen LogP contribution in [0.15, 0.2) is 64.3 Å². The van der Waals surface area contributed by atoms with Crippen molar-refractivity contribution in [1.29, 1.82) is 0 Å². The lowest BCUT2D eigenvalue weighted by atomic mass is 10.3. The molecule has 2 aromatic carbocycles. The summed E-state index contributed by atoms with van der Waals surface area (Å²) in [6.45, 7) is 1.52. The van der Waals surface area contributed by atoms with Gasteiger partial charge in [-0.2, -0.15) is 0 Å².